The van der Waals surface area contributed by atoms with Gasteiger partial charge in [-0.15, -0.1) is 0 Å². The Hall–Kier alpha value is -1.04. The van der Waals surface area contributed by atoms with Crippen LogP contribution in [0.1, 0.15) is 19.3 Å². The topological polar surface area (TPSA) is 0 Å². The highest BCUT2D eigenvalue weighted by Crippen LogP contribution is 2.48. The standard InChI is InChI=1S/C11H10/c1-2-4-9-7-11(9)10-6-5-8(10)3-1/h1-4H,5-7H2. The summed E-state index contributed by atoms with van der Waals surface area (Å²) in [7, 11) is 0. The molecule has 0 bridgehead atoms. The maximum absolute atomic E-state index is 2.26. The van der Waals surface area contributed by atoms with E-state index in [1.54, 1.807) is 22.3 Å². The predicted octanol–water partition coefficient (Wildman–Crippen LogP) is 2.90. The molecule has 0 N–H and O–H groups in total. The first-order valence-corrected chi connectivity index (χ1v) is 4.24. The van der Waals surface area contributed by atoms with Crippen LogP contribution in [-0.4, -0.2) is 0 Å². The summed E-state index contributed by atoms with van der Waals surface area (Å²) in [4.78, 5) is 0. The molecule has 0 nitrogen and oxygen atoms in total. The first kappa shape index (κ1) is 5.59. The Kier molecular flexibility index (Phi) is 0.894. The Morgan fingerprint density at radius 3 is 2.36 bits per heavy atom. The molecule has 0 atom stereocenters. The maximum atomic E-state index is 2.26. The smallest absolute Gasteiger partial charge is 0.00171 e. The van der Waals surface area contributed by atoms with E-state index >= 15 is 0 Å². The van der Waals surface area contributed by atoms with E-state index < -0.39 is 0 Å². The lowest BCUT2D eigenvalue weighted by molar-refractivity contribution is 0.819. The number of hydrogen-bond acceptors (Lipinski definition) is 0. The summed E-state index contributed by atoms with van der Waals surface area (Å²) in [5.74, 6) is 0. The number of fused-ring (bicyclic) bond motifs is 2. The van der Waals surface area contributed by atoms with E-state index in [0.717, 1.165) is 0 Å². The fourth-order valence-electron chi connectivity index (χ4n) is 1.87. The van der Waals surface area contributed by atoms with Crippen molar-refractivity contribution in [1.29, 1.82) is 0 Å². The van der Waals surface area contributed by atoms with Crippen molar-refractivity contribution in [3.8, 4) is 0 Å². The van der Waals surface area contributed by atoms with Crippen LogP contribution in [0.15, 0.2) is 46.6 Å². The predicted molar refractivity (Wildman–Crippen MR) is 46.2 cm³/mol. The molecule has 0 unspecified atom stereocenters. The molecule has 0 heteroatoms. The molecule has 0 spiro atoms. The molecule has 0 aromatic heterocycles. The van der Waals surface area contributed by atoms with Crippen LogP contribution in [0.4, 0.5) is 0 Å². The van der Waals surface area contributed by atoms with Crippen molar-refractivity contribution in [2.45, 2.75) is 19.3 Å². The van der Waals surface area contributed by atoms with Crippen molar-refractivity contribution in [2.75, 3.05) is 0 Å². The van der Waals surface area contributed by atoms with E-state index in [1.807, 2.05) is 0 Å². The average Bonchev–Trinajstić information content (AvgIpc) is 2.63. The minimum atomic E-state index is 1.26. The zero-order valence-electron chi connectivity index (χ0n) is 6.43. The summed E-state index contributed by atoms with van der Waals surface area (Å²) in [6.45, 7) is 0. The van der Waals surface area contributed by atoms with Gasteiger partial charge in [-0.2, -0.15) is 0 Å². The van der Waals surface area contributed by atoms with Gasteiger partial charge in [0.2, 0.25) is 0 Å². The van der Waals surface area contributed by atoms with Gasteiger partial charge in [0.05, 0.1) is 0 Å². The Labute approximate surface area is 66.6 Å². The molecule has 11 heavy (non-hydrogen) atoms. The Morgan fingerprint density at radius 2 is 1.64 bits per heavy atom. The van der Waals surface area contributed by atoms with Gasteiger partial charge >= 0.3 is 0 Å². The van der Waals surface area contributed by atoms with Crippen LogP contribution in [-0.2, 0) is 0 Å². The molecule has 3 aliphatic carbocycles. The Bertz CT molecular complexity index is 335. The summed E-state index contributed by atoms with van der Waals surface area (Å²) in [6, 6.07) is 0. The highest BCUT2D eigenvalue weighted by Gasteiger charge is 2.30. The molecule has 2 saturated carbocycles. The number of hydrogen-bond donors (Lipinski definition) is 0. The molecule has 0 radical (unpaired) electrons. The minimum Gasteiger partial charge on any atom is -0.0620 e. The fourth-order valence-corrected chi connectivity index (χ4v) is 1.87. The van der Waals surface area contributed by atoms with E-state index in [-0.39, 0.29) is 0 Å². The van der Waals surface area contributed by atoms with Crippen LogP contribution in [0.2, 0.25) is 0 Å². The second-order valence-corrected chi connectivity index (χ2v) is 3.40. The second-order valence-electron chi connectivity index (χ2n) is 3.40. The van der Waals surface area contributed by atoms with Crippen molar-refractivity contribution in [3.05, 3.63) is 46.6 Å². The molecule has 3 rings (SSSR count). The van der Waals surface area contributed by atoms with Crippen molar-refractivity contribution in [3.63, 3.8) is 0 Å². The zero-order chi connectivity index (χ0) is 7.26. The molecule has 54 valence electrons. The van der Waals surface area contributed by atoms with Crippen molar-refractivity contribution >= 4 is 0 Å². The van der Waals surface area contributed by atoms with Gasteiger partial charge in [-0.05, 0) is 41.6 Å². The van der Waals surface area contributed by atoms with E-state index in [4.69, 9.17) is 0 Å². The lowest BCUT2D eigenvalue weighted by Gasteiger charge is -2.21. The lowest BCUT2D eigenvalue weighted by Crippen LogP contribution is -2.02. The average molecular weight is 142 g/mol. The number of rotatable bonds is 0. The summed E-state index contributed by atoms with van der Waals surface area (Å²) < 4.78 is 0. The highest BCUT2D eigenvalue weighted by atomic mass is 14.3. The van der Waals surface area contributed by atoms with Crippen molar-refractivity contribution < 1.29 is 0 Å². The Balaban J connectivity index is 2.16. The summed E-state index contributed by atoms with van der Waals surface area (Å²) in [5, 5.41) is 0. The SMILES string of the molecule is C1=CC=C2CC2=C2CCC2=C1. The molecular formula is C11H10. The van der Waals surface area contributed by atoms with Crippen LogP contribution in [0.3, 0.4) is 0 Å². The molecule has 0 aliphatic heterocycles. The number of allylic oxidation sites excluding steroid dienone is 8. The molecule has 0 aromatic carbocycles. The quantitative estimate of drug-likeness (QED) is 0.488. The van der Waals surface area contributed by atoms with Crippen LogP contribution < -0.4 is 0 Å². The molecule has 0 heterocycles. The molecule has 2 fully saturated rings. The maximum Gasteiger partial charge on any atom is -0.00171 e. The largest absolute Gasteiger partial charge is 0.0620 e. The zero-order valence-corrected chi connectivity index (χ0v) is 6.43. The summed E-state index contributed by atoms with van der Waals surface area (Å²) >= 11 is 0. The fraction of sp³-hybridized carbons (Fsp3) is 0.273. The monoisotopic (exact) mass is 142 g/mol. The Morgan fingerprint density at radius 1 is 0.818 bits per heavy atom. The van der Waals surface area contributed by atoms with Gasteiger partial charge in [0.15, 0.2) is 0 Å². The lowest BCUT2D eigenvalue weighted by atomic mass is 9.84. The van der Waals surface area contributed by atoms with Crippen LogP contribution in [0, 0.1) is 0 Å². The first-order chi connectivity index (χ1) is 5.45. The van der Waals surface area contributed by atoms with Gasteiger partial charge in [-0.1, -0.05) is 24.3 Å². The second kappa shape index (κ2) is 1.76. The van der Waals surface area contributed by atoms with Crippen molar-refractivity contribution in [2.24, 2.45) is 0 Å². The first-order valence-electron chi connectivity index (χ1n) is 4.24. The van der Waals surface area contributed by atoms with E-state index in [2.05, 4.69) is 24.3 Å². The van der Waals surface area contributed by atoms with Gasteiger partial charge in [-0.25, -0.2) is 0 Å². The highest BCUT2D eigenvalue weighted by molar-refractivity contribution is 5.63. The molecular weight excluding hydrogens is 132 g/mol. The third kappa shape index (κ3) is 0.697. The molecule has 0 saturated heterocycles. The minimum absolute atomic E-state index is 1.26. The van der Waals surface area contributed by atoms with Crippen molar-refractivity contribution in [1.82, 2.24) is 0 Å². The van der Waals surface area contributed by atoms with E-state index in [0.29, 0.717) is 0 Å². The van der Waals surface area contributed by atoms with Crippen LogP contribution >= 0.6 is 0 Å². The van der Waals surface area contributed by atoms with Crippen LogP contribution in [0.25, 0.3) is 0 Å². The molecule has 0 aromatic rings. The van der Waals surface area contributed by atoms with Gasteiger partial charge < -0.3 is 0 Å². The normalized spacial score (nSPS) is 25.5. The van der Waals surface area contributed by atoms with Gasteiger partial charge in [0.1, 0.15) is 0 Å². The van der Waals surface area contributed by atoms with Gasteiger partial charge in [0.25, 0.3) is 0 Å². The molecule has 3 aliphatic rings. The summed E-state index contributed by atoms with van der Waals surface area (Å²) in [5.41, 5.74) is 6.45. The molecule has 0 amide bonds. The van der Waals surface area contributed by atoms with Gasteiger partial charge in [-0.3, -0.25) is 0 Å². The van der Waals surface area contributed by atoms with E-state index in [1.165, 1.54) is 19.3 Å². The van der Waals surface area contributed by atoms with E-state index in [9.17, 15) is 0 Å². The van der Waals surface area contributed by atoms with Crippen LogP contribution in [0.5, 0.6) is 0 Å². The third-order valence-electron chi connectivity index (χ3n) is 2.73. The summed E-state index contributed by atoms with van der Waals surface area (Å²) in [6.07, 6.45) is 12.7. The van der Waals surface area contributed by atoms with Gasteiger partial charge in [0, 0.05) is 0 Å². The third-order valence-corrected chi connectivity index (χ3v) is 2.73.